The molecule has 0 N–H and O–H groups in total. The molecule has 6 nitrogen and oxygen atoms in total. The van der Waals surface area contributed by atoms with Crippen molar-refractivity contribution >= 4 is 17.5 Å². The van der Waals surface area contributed by atoms with Crippen LogP contribution >= 0.6 is 0 Å². The first kappa shape index (κ1) is 16.7. The molecule has 1 heterocycles. The fraction of sp³-hybridized carbons (Fsp3) is 0.211. The normalized spacial score (nSPS) is 10.5. The summed E-state index contributed by atoms with van der Waals surface area (Å²) >= 11 is 0. The van der Waals surface area contributed by atoms with Gasteiger partial charge in [0.15, 0.2) is 0 Å². The minimum absolute atomic E-state index is 0.307. The second-order valence-electron chi connectivity index (χ2n) is 5.34. The third kappa shape index (κ3) is 3.52. The summed E-state index contributed by atoms with van der Waals surface area (Å²) in [7, 11) is 3.24. The molecule has 0 unspecified atom stereocenters. The summed E-state index contributed by atoms with van der Waals surface area (Å²) < 4.78 is 15.5. The van der Waals surface area contributed by atoms with Crippen molar-refractivity contribution in [2.45, 2.75) is 6.42 Å². The minimum atomic E-state index is 0.307. The van der Waals surface area contributed by atoms with Crippen LogP contribution in [0.5, 0.6) is 11.5 Å². The van der Waals surface area contributed by atoms with Crippen molar-refractivity contribution < 1.29 is 19.0 Å². The van der Waals surface area contributed by atoms with Crippen LogP contribution in [0.3, 0.4) is 0 Å². The number of carbonyl (C=O) groups is 1. The summed E-state index contributed by atoms with van der Waals surface area (Å²) in [5.74, 6) is 1.41. The van der Waals surface area contributed by atoms with Crippen LogP contribution in [0.15, 0.2) is 42.7 Å². The van der Waals surface area contributed by atoms with E-state index in [1.165, 1.54) is 0 Å². The molecule has 128 valence electrons. The van der Waals surface area contributed by atoms with Gasteiger partial charge in [-0.05, 0) is 23.3 Å². The van der Waals surface area contributed by atoms with Crippen molar-refractivity contribution in [1.82, 2.24) is 9.97 Å². The quantitative estimate of drug-likeness (QED) is 0.487. The molecule has 0 aliphatic heterocycles. The molecule has 0 fully saturated rings. The maximum absolute atomic E-state index is 10.3. The number of hydrogen-bond acceptors (Lipinski definition) is 6. The second kappa shape index (κ2) is 7.61. The third-order valence-electron chi connectivity index (χ3n) is 3.93. The van der Waals surface area contributed by atoms with E-state index in [2.05, 4.69) is 9.97 Å². The SMILES string of the molecule is COc1cc(OC)cc(-c2ccc(CCOC=O)c3nccnc23)c1. The molecule has 6 heteroatoms. The lowest BCUT2D eigenvalue weighted by molar-refractivity contribution is -0.128. The van der Waals surface area contributed by atoms with Gasteiger partial charge in [0, 0.05) is 30.4 Å². The van der Waals surface area contributed by atoms with Gasteiger partial charge >= 0.3 is 0 Å². The Morgan fingerprint density at radius 1 is 0.960 bits per heavy atom. The van der Waals surface area contributed by atoms with Gasteiger partial charge in [-0.2, -0.15) is 0 Å². The lowest BCUT2D eigenvalue weighted by Crippen LogP contribution is -2.00. The Labute approximate surface area is 145 Å². The molecule has 1 aromatic heterocycles. The standard InChI is InChI=1S/C19H18N2O4/c1-23-15-9-14(10-16(11-15)24-2)17-4-3-13(5-8-25-12-22)18-19(17)21-7-6-20-18/h3-4,6-7,9-12H,5,8H2,1-2H3. The highest BCUT2D eigenvalue weighted by Gasteiger charge is 2.12. The molecule has 2 aromatic carbocycles. The number of ether oxygens (including phenoxy) is 3. The molecule has 0 atom stereocenters. The number of carbonyl (C=O) groups excluding carboxylic acids is 1. The molecular weight excluding hydrogens is 320 g/mol. The van der Waals surface area contributed by atoms with E-state index in [9.17, 15) is 4.79 Å². The zero-order valence-electron chi connectivity index (χ0n) is 14.1. The van der Waals surface area contributed by atoms with Crippen LogP contribution in [0.2, 0.25) is 0 Å². The molecular formula is C19H18N2O4. The van der Waals surface area contributed by atoms with Gasteiger partial charge in [-0.1, -0.05) is 12.1 Å². The molecule has 0 radical (unpaired) electrons. The molecule has 25 heavy (non-hydrogen) atoms. The van der Waals surface area contributed by atoms with Gasteiger partial charge in [-0.25, -0.2) is 0 Å². The Morgan fingerprint density at radius 2 is 1.64 bits per heavy atom. The molecule has 3 aromatic rings. The van der Waals surface area contributed by atoms with Gasteiger partial charge < -0.3 is 14.2 Å². The van der Waals surface area contributed by atoms with Crippen molar-refractivity contribution in [3.63, 3.8) is 0 Å². The van der Waals surface area contributed by atoms with Crippen molar-refractivity contribution in [3.8, 4) is 22.6 Å². The predicted molar refractivity (Wildman–Crippen MR) is 93.8 cm³/mol. The van der Waals surface area contributed by atoms with Crippen LogP contribution in [-0.2, 0) is 16.0 Å². The maximum Gasteiger partial charge on any atom is 0.293 e. The number of hydrogen-bond donors (Lipinski definition) is 0. The topological polar surface area (TPSA) is 70.5 Å². The number of nitrogens with zero attached hydrogens (tertiary/aromatic N) is 2. The first-order valence-corrected chi connectivity index (χ1v) is 7.78. The van der Waals surface area contributed by atoms with Crippen molar-refractivity contribution in [1.29, 1.82) is 0 Å². The van der Waals surface area contributed by atoms with Gasteiger partial charge in [0.1, 0.15) is 11.5 Å². The van der Waals surface area contributed by atoms with E-state index in [4.69, 9.17) is 14.2 Å². The molecule has 0 amide bonds. The predicted octanol–water partition coefficient (Wildman–Crippen LogP) is 3.03. The fourth-order valence-electron chi connectivity index (χ4n) is 2.73. The number of benzene rings is 2. The molecule has 0 aliphatic carbocycles. The second-order valence-corrected chi connectivity index (χ2v) is 5.34. The van der Waals surface area contributed by atoms with Crippen molar-refractivity contribution in [2.75, 3.05) is 20.8 Å². The number of methoxy groups -OCH3 is 2. The van der Waals surface area contributed by atoms with E-state index >= 15 is 0 Å². The summed E-state index contributed by atoms with van der Waals surface area (Å²) in [4.78, 5) is 19.3. The monoisotopic (exact) mass is 338 g/mol. The van der Waals surface area contributed by atoms with Gasteiger partial charge in [-0.3, -0.25) is 14.8 Å². The highest BCUT2D eigenvalue weighted by atomic mass is 16.5. The number of rotatable bonds is 7. The van der Waals surface area contributed by atoms with Gasteiger partial charge in [0.25, 0.3) is 6.47 Å². The first-order valence-electron chi connectivity index (χ1n) is 7.78. The van der Waals surface area contributed by atoms with E-state index < -0.39 is 0 Å². The Bertz CT molecular complexity index is 873. The summed E-state index contributed by atoms with van der Waals surface area (Å²) in [6, 6.07) is 9.65. The molecule has 0 saturated heterocycles. The number of aromatic nitrogens is 2. The van der Waals surface area contributed by atoms with E-state index in [0.717, 1.165) is 27.7 Å². The summed E-state index contributed by atoms with van der Waals surface area (Å²) in [5.41, 5.74) is 4.40. The summed E-state index contributed by atoms with van der Waals surface area (Å²) in [6.45, 7) is 0.756. The zero-order chi connectivity index (χ0) is 17.6. The van der Waals surface area contributed by atoms with Gasteiger partial charge in [0.05, 0.1) is 31.9 Å². The van der Waals surface area contributed by atoms with E-state index in [1.54, 1.807) is 26.6 Å². The fourth-order valence-corrected chi connectivity index (χ4v) is 2.73. The molecule has 3 rings (SSSR count). The highest BCUT2D eigenvalue weighted by Crippen LogP contribution is 2.33. The molecule has 0 saturated carbocycles. The Balaban J connectivity index is 2.12. The molecule has 0 spiro atoms. The number of fused-ring (bicyclic) bond motifs is 1. The summed E-state index contributed by atoms with van der Waals surface area (Å²) in [5, 5.41) is 0. The first-order chi connectivity index (χ1) is 12.3. The summed E-state index contributed by atoms with van der Waals surface area (Å²) in [6.07, 6.45) is 3.90. The van der Waals surface area contributed by atoms with E-state index in [1.807, 2.05) is 30.3 Å². The van der Waals surface area contributed by atoms with Crippen LogP contribution < -0.4 is 9.47 Å². The van der Waals surface area contributed by atoms with Gasteiger partial charge in [0.2, 0.25) is 0 Å². The minimum Gasteiger partial charge on any atom is -0.497 e. The van der Waals surface area contributed by atoms with Crippen molar-refractivity contribution in [3.05, 3.63) is 48.3 Å². The van der Waals surface area contributed by atoms with Crippen LogP contribution in [0.1, 0.15) is 5.56 Å². The smallest absolute Gasteiger partial charge is 0.293 e. The lowest BCUT2D eigenvalue weighted by atomic mass is 9.99. The average molecular weight is 338 g/mol. The van der Waals surface area contributed by atoms with Crippen LogP contribution in [-0.4, -0.2) is 37.3 Å². The Hall–Kier alpha value is -3.15. The average Bonchev–Trinajstić information content (AvgIpc) is 2.67. The van der Waals surface area contributed by atoms with E-state index in [0.29, 0.717) is 31.0 Å². The Kier molecular flexibility index (Phi) is 5.09. The molecule has 0 bridgehead atoms. The van der Waals surface area contributed by atoms with Crippen LogP contribution in [0.4, 0.5) is 0 Å². The Morgan fingerprint density at radius 3 is 2.28 bits per heavy atom. The zero-order valence-corrected chi connectivity index (χ0v) is 14.1. The van der Waals surface area contributed by atoms with Gasteiger partial charge in [-0.15, -0.1) is 0 Å². The highest BCUT2D eigenvalue weighted by molar-refractivity contribution is 5.93. The third-order valence-corrected chi connectivity index (χ3v) is 3.93. The lowest BCUT2D eigenvalue weighted by Gasteiger charge is -2.12. The maximum atomic E-state index is 10.3. The molecule has 0 aliphatic rings. The van der Waals surface area contributed by atoms with E-state index in [-0.39, 0.29) is 0 Å². The van der Waals surface area contributed by atoms with Crippen LogP contribution in [0, 0.1) is 0 Å². The van der Waals surface area contributed by atoms with Crippen LogP contribution in [0.25, 0.3) is 22.2 Å². The largest absolute Gasteiger partial charge is 0.497 e. The van der Waals surface area contributed by atoms with Crippen molar-refractivity contribution in [2.24, 2.45) is 0 Å².